The van der Waals surface area contributed by atoms with Gasteiger partial charge in [0.1, 0.15) is 0 Å². The first-order valence-electron chi connectivity index (χ1n) is 5.36. The summed E-state index contributed by atoms with van der Waals surface area (Å²) < 4.78 is 6.62. The summed E-state index contributed by atoms with van der Waals surface area (Å²) in [7, 11) is 0. The summed E-state index contributed by atoms with van der Waals surface area (Å²) in [5.41, 5.74) is 0.650. The summed E-state index contributed by atoms with van der Waals surface area (Å²) in [5, 5.41) is 9.16. The molecule has 0 spiro atoms. The standard InChI is InChI=1S/C12H13NO4/c1-7(2)13-9-5-3-4-8(6-10(14)15)11(9)12(16)17-13/h3-5,7H,6H2,1-2H3,(H,14,15). The summed E-state index contributed by atoms with van der Waals surface area (Å²) in [5.74, 6) is -0.964. The van der Waals surface area contributed by atoms with Crippen LogP contribution in [0.1, 0.15) is 25.5 Å². The van der Waals surface area contributed by atoms with E-state index in [9.17, 15) is 9.59 Å². The van der Waals surface area contributed by atoms with Gasteiger partial charge in [-0.05, 0) is 25.5 Å². The van der Waals surface area contributed by atoms with Crippen LogP contribution in [0.4, 0.5) is 0 Å². The van der Waals surface area contributed by atoms with Crippen LogP contribution in [-0.4, -0.2) is 15.8 Å². The maximum absolute atomic E-state index is 11.7. The third-order valence-corrected chi connectivity index (χ3v) is 2.56. The first-order chi connectivity index (χ1) is 8.00. The number of rotatable bonds is 3. The molecule has 1 heterocycles. The van der Waals surface area contributed by atoms with Crippen molar-refractivity contribution in [1.29, 1.82) is 0 Å². The van der Waals surface area contributed by atoms with Gasteiger partial charge in [-0.2, -0.15) is 0 Å². The van der Waals surface area contributed by atoms with Crippen LogP contribution in [0.25, 0.3) is 10.9 Å². The van der Waals surface area contributed by atoms with Gasteiger partial charge in [0, 0.05) is 0 Å². The number of fused-ring (bicyclic) bond motifs is 1. The number of carboxylic acid groups (broad SMARTS) is 1. The molecule has 0 saturated carbocycles. The van der Waals surface area contributed by atoms with Gasteiger partial charge in [-0.15, -0.1) is 0 Å². The molecular formula is C12H13NO4. The van der Waals surface area contributed by atoms with E-state index in [0.717, 1.165) is 0 Å². The average molecular weight is 235 g/mol. The predicted octanol–water partition coefficient (Wildman–Crippen LogP) is 1.80. The van der Waals surface area contributed by atoms with Crippen molar-refractivity contribution in [3.8, 4) is 0 Å². The van der Waals surface area contributed by atoms with Gasteiger partial charge in [0.2, 0.25) is 0 Å². The van der Waals surface area contributed by atoms with Crippen molar-refractivity contribution in [1.82, 2.24) is 4.74 Å². The molecule has 5 heteroatoms. The highest BCUT2D eigenvalue weighted by atomic mass is 16.5. The van der Waals surface area contributed by atoms with E-state index in [0.29, 0.717) is 16.5 Å². The molecule has 0 aliphatic heterocycles. The maximum Gasteiger partial charge on any atom is 0.365 e. The van der Waals surface area contributed by atoms with Crippen LogP contribution >= 0.6 is 0 Å². The molecule has 2 rings (SSSR count). The van der Waals surface area contributed by atoms with E-state index in [-0.39, 0.29) is 12.5 Å². The second kappa shape index (κ2) is 4.08. The van der Waals surface area contributed by atoms with Gasteiger partial charge in [0.25, 0.3) is 0 Å². The van der Waals surface area contributed by atoms with Gasteiger partial charge in [-0.3, -0.25) is 4.79 Å². The van der Waals surface area contributed by atoms with Crippen molar-refractivity contribution in [3.63, 3.8) is 0 Å². The second-order valence-electron chi connectivity index (χ2n) is 4.18. The number of nitrogens with zero attached hydrogens (tertiary/aromatic N) is 1. The molecule has 90 valence electrons. The highest BCUT2D eigenvalue weighted by Crippen LogP contribution is 2.20. The molecule has 0 fully saturated rings. The number of aliphatic carboxylic acids is 1. The monoisotopic (exact) mass is 235 g/mol. The minimum absolute atomic E-state index is 0.0141. The van der Waals surface area contributed by atoms with Crippen LogP contribution in [0.3, 0.4) is 0 Å². The van der Waals surface area contributed by atoms with Crippen LogP contribution in [0.15, 0.2) is 27.5 Å². The quantitative estimate of drug-likeness (QED) is 0.880. The first-order valence-corrected chi connectivity index (χ1v) is 5.36. The molecule has 1 aromatic heterocycles. The fourth-order valence-corrected chi connectivity index (χ4v) is 1.88. The predicted molar refractivity (Wildman–Crippen MR) is 62.2 cm³/mol. The van der Waals surface area contributed by atoms with E-state index < -0.39 is 11.6 Å². The summed E-state index contributed by atoms with van der Waals surface area (Å²) in [6.07, 6.45) is -0.176. The Bertz CT molecular complexity index is 621. The largest absolute Gasteiger partial charge is 0.481 e. The van der Waals surface area contributed by atoms with Crippen LogP contribution in [-0.2, 0) is 11.2 Å². The van der Waals surface area contributed by atoms with Gasteiger partial charge in [-0.25, -0.2) is 9.53 Å². The third kappa shape index (κ3) is 1.95. The molecule has 1 N–H and O–H groups in total. The lowest BCUT2D eigenvalue weighted by atomic mass is 10.1. The van der Waals surface area contributed by atoms with Crippen molar-refractivity contribution >= 4 is 16.9 Å². The maximum atomic E-state index is 11.7. The van der Waals surface area contributed by atoms with Crippen molar-refractivity contribution in [2.45, 2.75) is 26.3 Å². The van der Waals surface area contributed by atoms with E-state index in [1.165, 1.54) is 4.74 Å². The van der Waals surface area contributed by atoms with E-state index in [1.54, 1.807) is 18.2 Å². The summed E-state index contributed by atoms with van der Waals surface area (Å²) in [4.78, 5) is 22.5. The molecule has 1 aromatic carbocycles. The van der Waals surface area contributed by atoms with Gasteiger partial charge >= 0.3 is 11.6 Å². The molecule has 0 unspecified atom stereocenters. The first kappa shape index (κ1) is 11.4. The molecule has 0 radical (unpaired) electrons. The summed E-state index contributed by atoms with van der Waals surface area (Å²) in [6.45, 7) is 3.79. The number of carbonyl (C=O) groups is 1. The lowest BCUT2D eigenvalue weighted by Gasteiger charge is -2.05. The average Bonchev–Trinajstić information content (AvgIpc) is 2.56. The Hall–Kier alpha value is -2.04. The van der Waals surface area contributed by atoms with Crippen LogP contribution < -0.4 is 5.63 Å². The molecular weight excluding hydrogens is 222 g/mol. The van der Waals surface area contributed by atoms with Crippen molar-refractivity contribution in [3.05, 3.63) is 34.2 Å². The molecule has 0 bridgehead atoms. The fraction of sp³-hybridized carbons (Fsp3) is 0.333. The molecule has 2 aromatic rings. The zero-order valence-electron chi connectivity index (χ0n) is 9.64. The number of hydrogen-bond acceptors (Lipinski definition) is 3. The highest BCUT2D eigenvalue weighted by Gasteiger charge is 2.16. The molecule has 0 amide bonds. The fourth-order valence-electron chi connectivity index (χ4n) is 1.88. The van der Waals surface area contributed by atoms with Crippen LogP contribution in [0.5, 0.6) is 0 Å². The lowest BCUT2D eigenvalue weighted by Crippen LogP contribution is -2.03. The Morgan fingerprint density at radius 2 is 2.18 bits per heavy atom. The van der Waals surface area contributed by atoms with Crippen LogP contribution in [0.2, 0.25) is 0 Å². The third-order valence-electron chi connectivity index (χ3n) is 2.56. The molecule has 0 atom stereocenters. The van der Waals surface area contributed by atoms with Gasteiger partial charge in [0.15, 0.2) is 0 Å². The summed E-state index contributed by atoms with van der Waals surface area (Å²) >= 11 is 0. The SMILES string of the molecule is CC(C)n1oc(=O)c2c(CC(=O)O)cccc21. The number of carboxylic acids is 1. The van der Waals surface area contributed by atoms with E-state index >= 15 is 0 Å². The van der Waals surface area contributed by atoms with E-state index in [4.69, 9.17) is 9.63 Å². The molecule has 0 aliphatic carbocycles. The van der Waals surface area contributed by atoms with E-state index in [1.807, 2.05) is 13.8 Å². The lowest BCUT2D eigenvalue weighted by molar-refractivity contribution is -0.136. The Balaban J connectivity index is 2.73. The highest BCUT2D eigenvalue weighted by molar-refractivity contribution is 5.85. The Labute approximate surface area is 97.2 Å². The minimum Gasteiger partial charge on any atom is -0.481 e. The zero-order valence-corrected chi connectivity index (χ0v) is 9.64. The van der Waals surface area contributed by atoms with Crippen molar-refractivity contribution in [2.24, 2.45) is 0 Å². The Morgan fingerprint density at radius 3 is 2.76 bits per heavy atom. The zero-order chi connectivity index (χ0) is 12.6. The molecule has 0 saturated heterocycles. The second-order valence-corrected chi connectivity index (χ2v) is 4.18. The molecule has 0 aliphatic rings. The van der Waals surface area contributed by atoms with Gasteiger partial charge < -0.3 is 9.63 Å². The van der Waals surface area contributed by atoms with Crippen LogP contribution in [0, 0.1) is 0 Å². The van der Waals surface area contributed by atoms with Crippen molar-refractivity contribution in [2.75, 3.05) is 0 Å². The summed E-state index contributed by atoms with van der Waals surface area (Å²) in [6, 6.07) is 5.14. The molecule has 5 nitrogen and oxygen atoms in total. The molecule has 17 heavy (non-hydrogen) atoms. The Morgan fingerprint density at radius 1 is 1.47 bits per heavy atom. The number of benzene rings is 1. The normalized spacial score (nSPS) is 11.2. The topological polar surface area (TPSA) is 72.4 Å². The van der Waals surface area contributed by atoms with Crippen molar-refractivity contribution < 1.29 is 14.4 Å². The number of hydrogen-bond donors (Lipinski definition) is 1. The smallest absolute Gasteiger partial charge is 0.365 e. The number of aromatic nitrogens is 1. The van der Waals surface area contributed by atoms with E-state index in [2.05, 4.69) is 0 Å². The van der Waals surface area contributed by atoms with Gasteiger partial charge in [-0.1, -0.05) is 12.1 Å². The van der Waals surface area contributed by atoms with Gasteiger partial charge in [0.05, 0.1) is 23.4 Å². The minimum atomic E-state index is -0.964. The Kier molecular flexibility index (Phi) is 2.75.